The van der Waals surface area contributed by atoms with Crippen molar-refractivity contribution in [3.8, 4) is 0 Å². The van der Waals surface area contributed by atoms with E-state index in [1.165, 1.54) is 24.3 Å². The van der Waals surface area contributed by atoms with Crippen molar-refractivity contribution in [2.24, 2.45) is 5.73 Å². The maximum absolute atomic E-state index is 13.1. The van der Waals surface area contributed by atoms with Gasteiger partial charge >= 0.3 is 0 Å². The molecule has 0 unspecified atom stereocenters. The van der Waals surface area contributed by atoms with Crippen molar-refractivity contribution in [2.45, 2.75) is 12.5 Å². The van der Waals surface area contributed by atoms with Gasteiger partial charge in [-0.2, -0.15) is 0 Å². The number of nitrogens with two attached hydrogens (primary N) is 1. The molecule has 0 bridgehead atoms. The highest BCUT2D eigenvalue weighted by atomic mass is 19.1. The van der Waals surface area contributed by atoms with Gasteiger partial charge in [0.15, 0.2) is 0 Å². The van der Waals surface area contributed by atoms with Gasteiger partial charge in [0.2, 0.25) is 0 Å². The van der Waals surface area contributed by atoms with Gasteiger partial charge in [-0.05, 0) is 42.3 Å². The molecule has 4 heteroatoms. The lowest BCUT2D eigenvalue weighted by molar-refractivity contribution is 0.108. The number of halogens is 2. The number of benzene rings is 2. The third-order valence-corrected chi connectivity index (χ3v) is 3.25. The Hall–Kier alpha value is -1.78. The zero-order valence-electron chi connectivity index (χ0n) is 11.3. The van der Waals surface area contributed by atoms with Crippen molar-refractivity contribution < 1.29 is 13.5 Å². The molecular weight excluding hydrogens is 260 g/mol. The van der Waals surface area contributed by atoms with E-state index in [2.05, 4.69) is 0 Å². The summed E-state index contributed by atoms with van der Waals surface area (Å²) in [7, 11) is 0. The smallest absolute Gasteiger partial charge is 0.123 e. The Balaban J connectivity index is 2.43. The van der Waals surface area contributed by atoms with E-state index in [0.29, 0.717) is 6.61 Å². The second-order valence-corrected chi connectivity index (χ2v) is 4.62. The van der Waals surface area contributed by atoms with Crippen LogP contribution in [0.2, 0.25) is 0 Å². The first-order chi connectivity index (χ1) is 9.56. The van der Waals surface area contributed by atoms with Gasteiger partial charge in [-0.15, -0.1) is 0 Å². The fourth-order valence-corrected chi connectivity index (χ4v) is 2.09. The monoisotopic (exact) mass is 277 g/mol. The molecule has 0 amide bonds. The Morgan fingerprint density at radius 2 is 1.30 bits per heavy atom. The lowest BCUT2D eigenvalue weighted by Crippen LogP contribution is -2.42. The van der Waals surface area contributed by atoms with E-state index in [0.717, 1.165) is 11.1 Å². The van der Waals surface area contributed by atoms with Crippen LogP contribution < -0.4 is 5.73 Å². The summed E-state index contributed by atoms with van der Waals surface area (Å²) in [4.78, 5) is 0. The quantitative estimate of drug-likeness (QED) is 0.911. The number of rotatable bonds is 5. The minimum atomic E-state index is -0.933. The summed E-state index contributed by atoms with van der Waals surface area (Å²) in [6.07, 6.45) is 0. The molecule has 0 aliphatic carbocycles. The van der Waals surface area contributed by atoms with E-state index in [1.54, 1.807) is 24.3 Å². The van der Waals surface area contributed by atoms with E-state index in [-0.39, 0.29) is 18.2 Å². The maximum atomic E-state index is 13.1. The molecule has 2 rings (SSSR count). The van der Waals surface area contributed by atoms with E-state index in [4.69, 9.17) is 10.5 Å². The standard InChI is InChI=1S/C16H17F2NO/c1-2-20-11-16(19,12-3-7-14(17)8-4-12)13-5-9-15(18)10-6-13/h3-10H,2,11,19H2,1H3. The van der Waals surface area contributed by atoms with Gasteiger partial charge in [-0.1, -0.05) is 24.3 Å². The molecule has 0 heterocycles. The lowest BCUT2D eigenvalue weighted by Gasteiger charge is -2.30. The van der Waals surface area contributed by atoms with Crippen LogP contribution in [0.25, 0.3) is 0 Å². The number of ether oxygens (including phenoxy) is 1. The van der Waals surface area contributed by atoms with Crippen LogP contribution in [0.1, 0.15) is 18.1 Å². The Morgan fingerprint density at radius 3 is 1.65 bits per heavy atom. The molecule has 2 aromatic rings. The average molecular weight is 277 g/mol. The molecule has 0 spiro atoms. The van der Waals surface area contributed by atoms with Crippen LogP contribution in [-0.2, 0) is 10.3 Å². The average Bonchev–Trinajstić information content (AvgIpc) is 2.46. The van der Waals surface area contributed by atoms with Gasteiger partial charge in [0.1, 0.15) is 11.6 Å². The van der Waals surface area contributed by atoms with Crippen LogP contribution >= 0.6 is 0 Å². The summed E-state index contributed by atoms with van der Waals surface area (Å²) in [5.41, 5.74) is 6.97. The first kappa shape index (κ1) is 14.6. The highest BCUT2D eigenvalue weighted by Crippen LogP contribution is 2.28. The Bertz CT molecular complexity index is 506. The Kier molecular flexibility index (Phi) is 4.47. The third-order valence-electron chi connectivity index (χ3n) is 3.25. The fourth-order valence-electron chi connectivity index (χ4n) is 2.09. The predicted octanol–water partition coefficient (Wildman–Crippen LogP) is 3.20. The molecule has 0 aromatic heterocycles. The van der Waals surface area contributed by atoms with Gasteiger partial charge in [0.05, 0.1) is 12.1 Å². The SMILES string of the molecule is CCOCC(N)(c1ccc(F)cc1)c1ccc(F)cc1. The molecule has 2 N–H and O–H groups in total. The van der Waals surface area contributed by atoms with Crippen molar-refractivity contribution in [1.29, 1.82) is 0 Å². The molecular formula is C16H17F2NO. The molecule has 2 nitrogen and oxygen atoms in total. The third kappa shape index (κ3) is 3.03. The highest BCUT2D eigenvalue weighted by Gasteiger charge is 2.30. The molecule has 106 valence electrons. The molecule has 0 radical (unpaired) electrons. The molecule has 0 saturated carbocycles. The van der Waals surface area contributed by atoms with Crippen molar-refractivity contribution in [3.63, 3.8) is 0 Å². The fraction of sp³-hybridized carbons (Fsp3) is 0.250. The summed E-state index contributed by atoms with van der Waals surface area (Å²) in [5.74, 6) is -0.654. The van der Waals surface area contributed by atoms with E-state index < -0.39 is 5.54 Å². The van der Waals surface area contributed by atoms with Gasteiger partial charge < -0.3 is 10.5 Å². The minimum Gasteiger partial charge on any atom is -0.379 e. The Labute approximate surface area is 117 Å². The highest BCUT2D eigenvalue weighted by molar-refractivity contribution is 5.38. The largest absolute Gasteiger partial charge is 0.379 e. The van der Waals surface area contributed by atoms with Gasteiger partial charge in [0.25, 0.3) is 0 Å². The summed E-state index contributed by atoms with van der Waals surface area (Å²) >= 11 is 0. The molecule has 0 aliphatic heterocycles. The summed E-state index contributed by atoms with van der Waals surface area (Å²) in [6, 6.07) is 11.9. The van der Waals surface area contributed by atoms with Crippen molar-refractivity contribution in [3.05, 3.63) is 71.3 Å². The molecule has 0 saturated heterocycles. The van der Waals surface area contributed by atoms with Gasteiger partial charge in [-0.25, -0.2) is 8.78 Å². The number of hydrogen-bond acceptors (Lipinski definition) is 2. The van der Waals surface area contributed by atoms with Crippen LogP contribution in [0.15, 0.2) is 48.5 Å². The van der Waals surface area contributed by atoms with E-state index in [1.807, 2.05) is 6.92 Å². The van der Waals surface area contributed by atoms with Crippen LogP contribution in [0.4, 0.5) is 8.78 Å². The first-order valence-electron chi connectivity index (χ1n) is 6.45. The second kappa shape index (κ2) is 6.11. The summed E-state index contributed by atoms with van der Waals surface area (Å²) < 4.78 is 31.6. The molecule has 20 heavy (non-hydrogen) atoms. The van der Waals surface area contributed by atoms with Gasteiger partial charge in [0, 0.05) is 6.61 Å². The van der Waals surface area contributed by atoms with Crippen LogP contribution in [0.5, 0.6) is 0 Å². The molecule has 0 atom stereocenters. The van der Waals surface area contributed by atoms with Crippen LogP contribution in [-0.4, -0.2) is 13.2 Å². The van der Waals surface area contributed by atoms with Gasteiger partial charge in [-0.3, -0.25) is 0 Å². The maximum Gasteiger partial charge on any atom is 0.123 e. The second-order valence-electron chi connectivity index (χ2n) is 4.62. The summed E-state index contributed by atoms with van der Waals surface area (Å²) in [5, 5.41) is 0. The van der Waals surface area contributed by atoms with Crippen molar-refractivity contribution in [2.75, 3.05) is 13.2 Å². The zero-order chi connectivity index (χ0) is 14.6. The van der Waals surface area contributed by atoms with E-state index >= 15 is 0 Å². The number of hydrogen-bond donors (Lipinski definition) is 1. The Morgan fingerprint density at radius 1 is 0.900 bits per heavy atom. The minimum absolute atomic E-state index is 0.237. The topological polar surface area (TPSA) is 35.2 Å². The molecule has 0 aliphatic rings. The van der Waals surface area contributed by atoms with Crippen LogP contribution in [0, 0.1) is 11.6 Å². The normalized spacial score (nSPS) is 11.6. The van der Waals surface area contributed by atoms with E-state index in [9.17, 15) is 8.78 Å². The molecule has 2 aromatic carbocycles. The first-order valence-corrected chi connectivity index (χ1v) is 6.45. The van der Waals surface area contributed by atoms with Crippen molar-refractivity contribution >= 4 is 0 Å². The summed E-state index contributed by atoms with van der Waals surface area (Å²) in [6.45, 7) is 2.62. The predicted molar refractivity (Wildman–Crippen MR) is 74.3 cm³/mol. The zero-order valence-corrected chi connectivity index (χ0v) is 11.3. The van der Waals surface area contributed by atoms with Crippen LogP contribution in [0.3, 0.4) is 0 Å². The van der Waals surface area contributed by atoms with Crippen molar-refractivity contribution in [1.82, 2.24) is 0 Å². The lowest BCUT2D eigenvalue weighted by atomic mass is 9.84. The molecule has 0 fully saturated rings.